The first-order valence-corrected chi connectivity index (χ1v) is 34.6. The summed E-state index contributed by atoms with van der Waals surface area (Å²) in [5.41, 5.74) is 0.773. The summed E-state index contributed by atoms with van der Waals surface area (Å²) in [7, 11) is 0. The van der Waals surface area contributed by atoms with Crippen molar-refractivity contribution in [3.05, 3.63) is 18.2 Å². The zero-order chi connectivity index (χ0) is 60.2. The molecule has 0 aliphatic rings. The third kappa shape index (κ3) is 58.6. The highest BCUT2D eigenvalue weighted by Gasteiger charge is 2.11. The van der Waals surface area contributed by atoms with Gasteiger partial charge < -0.3 is 52.1 Å². The van der Waals surface area contributed by atoms with Crippen LogP contribution in [0.3, 0.4) is 0 Å². The fourth-order valence-corrected chi connectivity index (χ4v) is 9.82. The monoisotopic (exact) mass is 1200 g/mol. The van der Waals surface area contributed by atoms with E-state index in [1.54, 1.807) is 0 Å². The summed E-state index contributed by atoms with van der Waals surface area (Å²) in [6, 6.07) is 5.76. The third-order valence-corrected chi connectivity index (χ3v) is 15.1. The van der Waals surface area contributed by atoms with Crippen molar-refractivity contribution in [3.63, 3.8) is 0 Å². The molecule has 0 radical (unpaired) electrons. The van der Waals surface area contributed by atoms with E-state index in [1.165, 1.54) is 154 Å². The van der Waals surface area contributed by atoms with Gasteiger partial charge in [0.2, 0.25) is 0 Å². The van der Waals surface area contributed by atoms with Crippen LogP contribution in [-0.4, -0.2) is 150 Å². The topological polar surface area (TPSA) is 160 Å². The molecule has 1 atom stereocenters. The Morgan fingerprint density at radius 1 is 0.369 bits per heavy atom. The van der Waals surface area contributed by atoms with Gasteiger partial charge in [-0.05, 0) is 57.4 Å². The summed E-state index contributed by atoms with van der Waals surface area (Å²) in [5, 5.41) is 9.39. The SMILES string of the molecule is C=Nc1ccc(OCCCCCCCCCCC(CCOCCOCCOCCOCCCCCCCCCCCC)OO)c(OCCCCCCCCCCC(=O)OCCOCCOCCOCCOCCCCCCCCCCCC)c1. The Balaban J connectivity index is 1.88. The van der Waals surface area contributed by atoms with Crippen molar-refractivity contribution in [3.8, 4) is 11.5 Å². The van der Waals surface area contributed by atoms with E-state index < -0.39 is 0 Å². The lowest BCUT2D eigenvalue weighted by atomic mass is 10.0. The predicted molar refractivity (Wildman–Crippen MR) is 343 cm³/mol. The molecule has 0 saturated heterocycles. The van der Waals surface area contributed by atoms with E-state index in [9.17, 15) is 10.1 Å². The lowest BCUT2D eigenvalue weighted by molar-refractivity contribution is -0.282. The standard InChI is InChI=1S/C69H129NO14/c1-4-6-8-10-12-14-18-24-30-36-45-73-50-53-76-56-58-78-55-52-75-49-44-66(84-72)40-34-28-22-16-20-26-32-38-47-81-67-43-42-65(70-3)64-68(67)82-48-39-33-27-21-17-23-29-35-41-69(71)83-63-62-80-61-60-79-59-57-77-54-51-74-46-37-31-25-19-15-13-11-9-7-5-2/h42-43,64,66,72H,3-41,44-63H2,1-2H3. The smallest absolute Gasteiger partial charge is 0.305 e. The Labute approximate surface area is 514 Å². The summed E-state index contributed by atoms with van der Waals surface area (Å²) in [4.78, 5) is 21.0. The van der Waals surface area contributed by atoms with Crippen LogP contribution in [-0.2, 0) is 52.3 Å². The Bertz CT molecular complexity index is 1480. The molecule has 0 spiro atoms. The Morgan fingerprint density at radius 2 is 0.690 bits per heavy atom. The van der Waals surface area contributed by atoms with E-state index in [0.717, 1.165) is 114 Å². The van der Waals surface area contributed by atoms with Gasteiger partial charge in [-0.3, -0.25) is 15.0 Å². The maximum absolute atomic E-state index is 12.1. The molecule has 0 aromatic heterocycles. The Hall–Kier alpha value is -2.44. The molecular formula is C69H129NO14. The molecule has 1 N–H and O–H groups in total. The van der Waals surface area contributed by atoms with Gasteiger partial charge in [0.15, 0.2) is 11.5 Å². The van der Waals surface area contributed by atoms with E-state index in [2.05, 4.69) is 25.6 Å². The van der Waals surface area contributed by atoms with Gasteiger partial charge in [0.05, 0.1) is 111 Å². The average molecular weight is 1200 g/mol. The van der Waals surface area contributed by atoms with E-state index >= 15 is 0 Å². The summed E-state index contributed by atoms with van der Waals surface area (Å²) in [6.07, 6.45) is 46.1. The number of carbonyl (C=O) groups is 1. The lowest BCUT2D eigenvalue weighted by Crippen LogP contribution is -2.16. The van der Waals surface area contributed by atoms with Gasteiger partial charge in [-0.15, -0.1) is 0 Å². The maximum Gasteiger partial charge on any atom is 0.305 e. The Kier molecular flexibility index (Phi) is 64.5. The highest BCUT2D eigenvalue weighted by molar-refractivity contribution is 5.69. The molecule has 84 heavy (non-hydrogen) atoms. The molecular weight excluding hydrogens is 1070 g/mol. The first-order valence-electron chi connectivity index (χ1n) is 34.6. The first kappa shape index (κ1) is 79.6. The van der Waals surface area contributed by atoms with Crippen LogP contribution in [0.4, 0.5) is 5.69 Å². The van der Waals surface area contributed by atoms with Gasteiger partial charge in [-0.25, -0.2) is 4.89 Å². The van der Waals surface area contributed by atoms with Crippen molar-refractivity contribution in [2.45, 2.75) is 270 Å². The van der Waals surface area contributed by atoms with Crippen LogP contribution in [0.25, 0.3) is 0 Å². The molecule has 0 aliphatic heterocycles. The zero-order valence-corrected chi connectivity index (χ0v) is 54.2. The van der Waals surface area contributed by atoms with E-state index in [-0.39, 0.29) is 18.7 Å². The van der Waals surface area contributed by atoms with Gasteiger partial charge >= 0.3 is 5.97 Å². The van der Waals surface area contributed by atoms with Crippen molar-refractivity contribution >= 4 is 18.4 Å². The van der Waals surface area contributed by atoms with Gasteiger partial charge in [0, 0.05) is 38.7 Å². The molecule has 1 aromatic carbocycles. The number of ether oxygens (including phenoxy) is 11. The van der Waals surface area contributed by atoms with Crippen LogP contribution in [0.15, 0.2) is 23.2 Å². The number of nitrogens with zero attached hydrogens (tertiary/aromatic N) is 1. The van der Waals surface area contributed by atoms with Crippen molar-refractivity contribution < 1.29 is 67.0 Å². The van der Waals surface area contributed by atoms with E-state index in [0.29, 0.717) is 119 Å². The number of esters is 1. The number of unbranched alkanes of at least 4 members (excludes halogenated alkanes) is 32. The number of carbonyl (C=O) groups excluding carboxylic acids is 1. The number of hydrogen-bond donors (Lipinski definition) is 1. The number of rotatable bonds is 72. The van der Waals surface area contributed by atoms with Gasteiger partial charge in [-0.1, -0.05) is 213 Å². The fourth-order valence-electron chi connectivity index (χ4n) is 9.82. The quantitative estimate of drug-likeness (QED) is 0.0216. The minimum Gasteiger partial charge on any atom is -0.490 e. The van der Waals surface area contributed by atoms with Gasteiger partial charge in [0.1, 0.15) is 6.61 Å². The predicted octanol–water partition coefficient (Wildman–Crippen LogP) is 17.6. The van der Waals surface area contributed by atoms with Crippen LogP contribution in [0.1, 0.15) is 264 Å². The second-order valence-corrected chi connectivity index (χ2v) is 22.7. The van der Waals surface area contributed by atoms with Crippen molar-refractivity contribution in [2.24, 2.45) is 4.99 Å². The molecule has 0 aliphatic carbocycles. The second-order valence-electron chi connectivity index (χ2n) is 22.7. The summed E-state index contributed by atoms with van der Waals surface area (Å²) in [5.74, 6) is 1.34. The molecule has 1 rings (SSSR count). The zero-order valence-electron chi connectivity index (χ0n) is 54.2. The maximum atomic E-state index is 12.1. The first-order chi connectivity index (χ1) is 41.6. The van der Waals surface area contributed by atoms with Crippen LogP contribution >= 0.6 is 0 Å². The molecule has 15 nitrogen and oxygen atoms in total. The Morgan fingerprint density at radius 3 is 1.08 bits per heavy atom. The number of aliphatic imine (C=N–C) groups is 1. The minimum absolute atomic E-state index is 0.154. The van der Waals surface area contributed by atoms with Gasteiger partial charge in [-0.2, -0.15) is 0 Å². The van der Waals surface area contributed by atoms with E-state index in [4.69, 9.17) is 57.0 Å². The molecule has 0 amide bonds. The van der Waals surface area contributed by atoms with Crippen LogP contribution in [0.5, 0.6) is 11.5 Å². The minimum atomic E-state index is -0.195. The molecule has 0 fully saturated rings. The molecule has 494 valence electrons. The third-order valence-electron chi connectivity index (χ3n) is 15.1. The van der Waals surface area contributed by atoms with Crippen LogP contribution < -0.4 is 9.47 Å². The van der Waals surface area contributed by atoms with Crippen LogP contribution in [0.2, 0.25) is 0 Å². The summed E-state index contributed by atoms with van der Waals surface area (Å²) in [6.45, 7) is 19.0. The largest absolute Gasteiger partial charge is 0.490 e. The van der Waals surface area contributed by atoms with Crippen LogP contribution in [0, 0.1) is 0 Å². The fraction of sp³-hybridized carbons (Fsp3) is 0.884. The highest BCUT2D eigenvalue weighted by atomic mass is 17.1. The van der Waals surface area contributed by atoms with Gasteiger partial charge in [0.25, 0.3) is 0 Å². The molecule has 1 unspecified atom stereocenters. The molecule has 1 aromatic rings. The number of hydrogen-bond acceptors (Lipinski definition) is 15. The van der Waals surface area contributed by atoms with E-state index in [1.807, 2.05) is 18.2 Å². The summed E-state index contributed by atoms with van der Waals surface area (Å²) < 4.78 is 62.7. The lowest BCUT2D eigenvalue weighted by Gasteiger charge is -2.14. The van der Waals surface area contributed by atoms with Crippen molar-refractivity contribution in [1.82, 2.24) is 0 Å². The molecule has 0 saturated carbocycles. The number of benzene rings is 1. The highest BCUT2D eigenvalue weighted by Crippen LogP contribution is 2.32. The second kappa shape index (κ2) is 68.1. The average Bonchev–Trinajstić information content (AvgIpc) is 3.59. The summed E-state index contributed by atoms with van der Waals surface area (Å²) >= 11 is 0. The normalized spacial score (nSPS) is 11.9. The van der Waals surface area contributed by atoms with Crippen molar-refractivity contribution in [2.75, 3.05) is 126 Å². The molecule has 0 heterocycles. The van der Waals surface area contributed by atoms with Crippen molar-refractivity contribution in [1.29, 1.82) is 0 Å². The molecule has 0 bridgehead atoms. The molecule has 15 heteroatoms.